The van der Waals surface area contributed by atoms with E-state index in [4.69, 9.17) is 5.26 Å². The minimum atomic E-state index is 0. The number of rotatable bonds is 0. The standard InChI is InChI=1S/C6H6N3.W/c1-5-4-8-9(2)6(5)3-7;/h1-2H3;/q-1;+2. The number of hydrogen-bond donors (Lipinski definition) is 0. The van der Waals surface area contributed by atoms with E-state index in [2.05, 4.69) is 11.3 Å². The topological polar surface area (TPSA) is 41.6 Å². The van der Waals surface area contributed by atoms with Crippen LogP contribution in [0.15, 0.2) is 0 Å². The Bertz CT molecular complexity index is 239. The molecule has 0 atom stereocenters. The van der Waals surface area contributed by atoms with Crippen LogP contribution in [-0.2, 0) is 28.1 Å². The first-order valence-corrected chi connectivity index (χ1v) is 2.57. The molecule has 0 saturated carbocycles. The molecule has 0 spiro atoms. The smallest absolute Gasteiger partial charge is 0.355 e. The summed E-state index contributed by atoms with van der Waals surface area (Å²) < 4.78 is 1.51. The fourth-order valence-electron chi connectivity index (χ4n) is 0.652. The van der Waals surface area contributed by atoms with Crippen LogP contribution in [-0.4, -0.2) is 9.78 Å². The Morgan fingerprint density at radius 2 is 2.30 bits per heavy atom. The molecule has 0 aliphatic rings. The van der Waals surface area contributed by atoms with Gasteiger partial charge in [-0.1, -0.05) is 6.92 Å². The molecule has 0 aliphatic carbocycles. The fraction of sp³-hybridized carbons (Fsp3) is 0.333. The van der Waals surface area contributed by atoms with Crippen molar-refractivity contribution in [2.24, 2.45) is 7.05 Å². The number of aryl methyl sites for hydroxylation is 2. The maximum Gasteiger partial charge on any atom is 2.00 e. The van der Waals surface area contributed by atoms with Crippen molar-refractivity contribution in [2.75, 3.05) is 0 Å². The van der Waals surface area contributed by atoms with Gasteiger partial charge in [-0.3, -0.25) is 0 Å². The molecular weight excluding hydrogens is 298 g/mol. The van der Waals surface area contributed by atoms with Crippen LogP contribution in [0.25, 0.3) is 0 Å². The van der Waals surface area contributed by atoms with Crippen molar-refractivity contribution in [3.05, 3.63) is 17.5 Å². The molecule has 1 aromatic rings. The van der Waals surface area contributed by atoms with Gasteiger partial charge >= 0.3 is 21.1 Å². The van der Waals surface area contributed by atoms with Crippen LogP contribution < -0.4 is 0 Å². The van der Waals surface area contributed by atoms with E-state index in [-0.39, 0.29) is 21.1 Å². The summed E-state index contributed by atoms with van der Waals surface area (Å²) >= 11 is 0. The van der Waals surface area contributed by atoms with E-state index in [0.717, 1.165) is 5.56 Å². The van der Waals surface area contributed by atoms with E-state index < -0.39 is 0 Å². The van der Waals surface area contributed by atoms with Gasteiger partial charge in [-0.05, 0) is 5.69 Å². The predicted molar refractivity (Wildman–Crippen MR) is 31.5 cm³/mol. The molecule has 1 heterocycles. The van der Waals surface area contributed by atoms with E-state index >= 15 is 0 Å². The van der Waals surface area contributed by atoms with Gasteiger partial charge in [-0.25, -0.2) is 5.26 Å². The summed E-state index contributed by atoms with van der Waals surface area (Å²) in [4.78, 5) is 0. The van der Waals surface area contributed by atoms with Gasteiger partial charge < -0.3 is 9.78 Å². The summed E-state index contributed by atoms with van der Waals surface area (Å²) in [5, 5.41) is 12.2. The maximum absolute atomic E-state index is 8.46. The molecule has 1 rings (SSSR count). The molecule has 0 aliphatic heterocycles. The van der Waals surface area contributed by atoms with E-state index in [1.807, 2.05) is 13.0 Å². The molecule has 50 valence electrons. The number of aromatic nitrogens is 2. The average Bonchev–Trinajstić information content (AvgIpc) is 2.12. The Labute approximate surface area is 73.9 Å². The number of hydrogen-bond acceptors (Lipinski definition) is 2. The molecule has 4 heteroatoms. The summed E-state index contributed by atoms with van der Waals surface area (Å²) in [6.45, 7) is 1.81. The van der Waals surface area contributed by atoms with Crippen molar-refractivity contribution >= 4 is 0 Å². The number of nitrogens with zero attached hydrogens (tertiary/aromatic N) is 3. The first-order chi connectivity index (χ1) is 4.25. The second kappa shape index (κ2) is 3.53. The van der Waals surface area contributed by atoms with Crippen molar-refractivity contribution in [2.45, 2.75) is 6.92 Å². The third-order valence-electron chi connectivity index (χ3n) is 1.15. The third kappa shape index (κ3) is 1.46. The molecule has 1 aromatic heterocycles. The first-order valence-electron chi connectivity index (χ1n) is 2.57. The zero-order chi connectivity index (χ0) is 6.85. The molecule has 0 saturated heterocycles. The van der Waals surface area contributed by atoms with Crippen LogP contribution in [0.3, 0.4) is 0 Å². The first kappa shape index (κ1) is 9.39. The van der Waals surface area contributed by atoms with Gasteiger partial charge in [-0.2, -0.15) is 5.56 Å². The molecule has 10 heavy (non-hydrogen) atoms. The quantitative estimate of drug-likeness (QED) is 0.651. The van der Waals surface area contributed by atoms with E-state index in [1.54, 1.807) is 7.05 Å². The van der Waals surface area contributed by atoms with Crippen molar-refractivity contribution in [3.8, 4) is 6.07 Å². The van der Waals surface area contributed by atoms with Crippen molar-refractivity contribution in [3.63, 3.8) is 0 Å². The van der Waals surface area contributed by atoms with Crippen LogP contribution in [0.4, 0.5) is 0 Å². The summed E-state index contributed by atoms with van der Waals surface area (Å²) in [6.07, 6.45) is 2.68. The molecule has 0 radical (unpaired) electrons. The summed E-state index contributed by atoms with van der Waals surface area (Å²) in [7, 11) is 1.72. The Morgan fingerprint density at radius 1 is 1.70 bits per heavy atom. The van der Waals surface area contributed by atoms with E-state index in [0.29, 0.717) is 5.69 Å². The molecule has 0 unspecified atom stereocenters. The van der Waals surface area contributed by atoms with E-state index in [1.165, 1.54) is 4.68 Å². The largest absolute Gasteiger partial charge is 2.00 e. The SMILES string of the molecule is Cc1[c-]nn(C)c1C#N.[W+2]. The molecule has 0 fully saturated rings. The molecule has 0 N–H and O–H groups in total. The van der Waals surface area contributed by atoms with Crippen LogP contribution in [0.5, 0.6) is 0 Å². The van der Waals surface area contributed by atoms with Crippen molar-refractivity contribution in [1.29, 1.82) is 5.26 Å². The molecule has 0 bridgehead atoms. The number of nitriles is 1. The van der Waals surface area contributed by atoms with Gasteiger partial charge in [0.1, 0.15) is 0 Å². The predicted octanol–water partition coefficient (Wildman–Crippen LogP) is 0.398. The van der Waals surface area contributed by atoms with Crippen LogP contribution >= 0.6 is 0 Å². The minimum absolute atomic E-state index is 0. The molecule has 0 aromatic carbocycles. The molecule has 3 nitrogen and oxygen atoms in total. The van der Waals surface area contributed by atoms with Gasteiger partial charge in [0.25, 0.3) is 0 Å². The van der Waals surface area contributed by atoms with Gasteiger partial charge in [0.2, 0.25) is 0 Å². The Kier molecular flexibility index (Phi) is 3.31. The maximum atomic E-state index is 8.46. The van der Waals surface area contributed by atoms with Crippen molar-refractivity contribution < 1.29 is 21.1 Å². The normalized spacial score (nSPS) is 8.10. The van der Waals surface area contributed by atoms with Gasteiger partial charge in [-0.15, -0.1) is 6.20 Å². The Hall–Kier alpha value is -0.612. The zero-order valence-electron chi connectivity index (χ0n) is 5.75. The van der Waals surface area contributed by atoms with E-state index in [9.17, 15) is 0 Å². The van der Waals surface area contributed by atoms with Crippen LogP contribution in [0.1, 0.15) is 11.3 Å². The van der Waals surface area contributed by atoms with Crippen LogP contribution in [0.2, 0.25) is 0 Å². The molecular formula is C6H6N3W+. The monoisotopic (exact) mass is 304 g/mol. The second-order valence-corrected chi connectivity index (χ2v) is 1.82. The van der Waals surface area contributed by atoms with Crippen LogP contribution in [0, 0.1) is 24.5 Å². The Balaban J connectivity index is 0.000000810. The Morgan fingerprint density at radius 3 is 2.50 bits per heavy atom. The van der Waals surface area contributed by atoms with Gasteiger partial charge in [0.15, 0.2) is 0 Å². The zero-order valence-corrected chi connectivity index (χ0v) is 8.68. The summed E-state index contributed by atoms with van der Waals surface area (Å²) in [6, 6.07) is 2.01. The summed E-state index contributed by atoms with van der Waals surface area (Å²) in [5.74, 6) is 0. The fourth-order valence-corrected chi connectivity index (χ4v) is 0.652. The second-order valence-electron chi connectivity index (χ2n) is 1.82. The average molecular weight is 304 g/mol. The van der Waals surface area contributed by atoms with Crippen molar-refractivity contribution in [1.82, 2.24) is 9.78 Å². The van der Waals surface area contributed by atoms with Gasteiger partial charge in [0.05, 0.1) is 0 Å². The molecule has 0 amide bonds. The van der Waals surface area contributed by atoms with Gasteiger partial charge in [0, 0.05) is 13.1 Å². The minimum Gasteiger partial charge on any atom is -0.355 e. The third-order valence-corrected chi connectivity index (χ3v) is 1.15. The summed E-state index contributed by atoms with van der Waals surface area (Å²) in [5.41, 5.74) is 1.38.